The predicted molar refractivity (Wildman–Crippen MR) is 54.2 cm³/mol. The summed E-state index contributed by atoms with van der Waals surface area (Å²) in [5, 5.41) is 0.114. The predicted octanol–water partition coefficient (Wildman–Crippen LogP) is 4.04. The Balaban J connectivity index is 2.36. The number of alkyl halides is 3. The molecular weight excluding hydrogens is 260 g/mol. The van der Waals surface area contributed by atoms with Crippen LogP contribution in [-0.4, -0.2) is 11.8 Å². The zero-order valence-electron chi connectivity index (χ0n) is 8.39. The molecule has 2 rings (SSSR count). The van der Waals surface area contributed by atoms with Crippen LogP contribution in [0.15, 0.2) is 30.9 Å². The molecular formula is C11H7ClF4O. The van der Waals surface area contributed by atoms with Gasteiger partial charge in [-0.1, -0.05) is 24.2 Å². The summed E-state index contributed by atoms with van der Waals surface area (Å²) in [5.41, 5.74) is -2.66. The number of rotatable bonds is 2. The van der Waals surface area contributed by atoms with E-state index in [0.717, 1.165) is 6.07 Å². The van der Waals surface area contributed by atoms with Crippen LogP contribution in [0.4, 0.5) is 17.6 Å². The summed E-state index contributed by atoms with van der Waals surface area (Å²) in [4.78, 5) is 0. The molecule has 17 heavy (non-hydrogen) atoms. The van der Waals surface area contributed by atoms with Crippen LogP contribution >= 0.6 is 11.6 Å². The van der Waals surface area contributed by atoms with Gasteiger partial charge < -0.3 is 4.74 Å². The van der Waals surface area contributed by atoms with Gasteiger partial charge in [0.15, 0.2) is 0 Å². The van der Waals surface area contributed by atoms with Crippen molar-refractivity contribution in [2.24, 2.45) is 0 Å². The first kappa shape index (κ1) is 12.4. The van der Waals surface area contributed by atoms with E-state index >= 15 is 0 Å². The molecule has 2 atom stereocenters. The van der Waals surface area contributed by atoms with Gasteiger partial charge in [-0.3, -0.25) is 0 Å². The van der Waals surface area contributed by atoms with E-state index in [0.29, 0.717) is 6.08 Å². The minimum Gasteiger partial charge on any atom is -0.347 e. The molecule has 0 amide bonds. The lowest BCUT2D eigenvalue weighted by Gasteiger charge is -2.12. The highest BCUT2D eigenvalue weighted by Gasteiger charge is 2.72. The van der Waals surface area contributed by atoms with Gasteiger partial charge in [0.2, 0.25) is 5.60 Å². The summed E-state index contributed by atoms with van der Waals surface area (Å²) < 4.78 is 56.1. The monoisotopic (exact) mass is 266 g/mol. The van der Waals surface area contributed by atoms with E-state index in [1.807, 2.05) is 0 Å². The number of halogens is 5. The van der Waals surface area contributed by atoms with Crippen LogP contribution in [0.5, 0.6) is 0 Å². The van der Waals surface area contributed by atoms with Crippen LogP contribution in [0.25, 0.3) is 0 Å². The molecule has 2 unspecified atom stereocenters. The van der Waals surface area contributed by atoms with E-state index < -0.39 is 23.7 Å². The summed E-state index contributed by atoms with van der Waals surface area (Å²) in [5.74, 6) is -0.824. The Morgan fingerprint density at radius 3 is 2.47 bits per heavy atom. The van der Waals surface area contributed by atoms with Crippen molar-refractivity contribution in [1.82, 2.24) is 0 Å². The molecule has 1 aromatic carbocycles. The average molecular weight is 267 g/mol. The number of epoxide rings is 1. The third kappa shape index (κ3) is 1.83. The third-order valence-electron chi connectivity index (χ3n) is 2.64. The Morgan fingerprint density at radius 2 is 2.06 bits per heavy atom. The first-order valence-corrected chi connectivity index (χ1v) is 5.03. The zero-order chi connectivity index (χ0) is 12.8. The molecule has 0 N–H and O–H groups in total. The number of benzene rings is 1. The number of ether oxygens (including phenoxy) is 1. The Bertz CT molecular complexity index is 471. The van der Waals surface area contributed by atoms with Gasteiger partial charge in [0.1, 0.15) is 11.9 Å². The van der Waals surface area contributed by atoms with Crippen LogP contribution < -0.4 is 0 Å². The highest BCUT2D eigenvalue weighted by Crippen LogP contribution is 2.59. The maximum atomic E-state index is 13.4. The fraction of sp³-hybridized carbons (Fsp3) is 0.273. The summed E-state index contributed by atoms with van der Waals surface area (Å²) >= 11 is 5.51. The molecule has 0 radical (unpaired) electrons. The van der Waals surface area contributed by atoms with Crippen molar-refractivity contribution in [2.45, 2.75) is 17.9 Å². The van der Waals surface area contributed by atoms with Crippen LogP contribution in [-0.2, 0) is 4.74 Å². The first-order chi connectivity index (χ1) is 7.82. The van der Waals surface area contributed by atoms with E-state index in [-0.39, 0.29) is 10.6 Å². The summed E-state index contributed by atoms with van der Waals surface area (Å²) in [6, 6.07) is 3.44. The fourth-order valence-electron chi connectivity index (χ4n) is 1.66. The molecule has 0 aromatic heterocycles. The molecule has 0 spiro atoms. The highest BCUT2D eigenvalue weighted by molar-refractivity contribution is 6.30. The molecule has 1 aromatic rings. The van der Waals surface area contributed by atoms with Crippen molar-refractivity contribution in [1.29, 1.82) is 0 Å². The molecule has 1 aliphatic heterocycles. The highest BCUT2D eigenvalue weighted by atomic mass is 35.5. The minimum absolute atomic E-state index is 0.114. The molecule has 0 saturated carbocycles. The van der Waals surface area contributed by atoms with Crippen molar-refractivity contribution < 1.29 is 22.3 Å². The van der Waals surface area contributed by atoms with Gasteiger partial charge in [0.05, 0.1) is 0 Å². The Labute approximate surface area is 99.6 Å². The van der Waals surface area contributed by atoms with E-state index in [1.54, 1.807) is 0 Å². The molecule has 0 aliphatic carbocycles. The largest absolute Gasteiger partial charge is 0.424 e. The van der Waals surface area contributed by atoms with Gasteiger partial charge in [0.25, 0.3) is 0 Å². The second kappa shape index (κ2) is 3.71. The lowest BCUT2D eigenvalue weighted by atomic mass is 9.98. The molecule has 1 heterocycles. The van der Waals surface area contributed by atoms with Crippen LogP contribution in [0, 0.1) is 5.82 Å². The van der Waals surface area contributed by atoms with Crippen molar-refractivity contribution in [3.05, 3.63) is 47.3 Å². The molecule has 92 valence electrons. The smallest absolute Gasteiger partial charge is 0.347 e. The normalized spacial score (nSPS) is 27.9. The average Bonchev–Trinajstić information content (AvgIpc) is 2.92. The molecule has 1 aliphatic rings. The second-order valence-electron chi connectivity index (χ2n) is 3.66. The summed E-state index contributed by atoms with van der Waals surface area (Å²) in [7, 11) is 0. The molecule has 1 fully saturated rings. The fourth-order valence-corrected chi connectivity index (χ4v) is 1.81. The van der Waals surface area contributed by atoms with Crippen molar-refractivity contribution in [2.75, 3.05) is 0 Å². The van der Waals surface area contributed by atoms with E-state index in [4.69, 9.17) is 11.6 Å². The number of hydrogen-bond acceptors (Lipinski definition) is 1. The summed E-state index contributed by atoms with van der Waals surface area (Å²) in [6.45, 7) is 3.09. The van der Waals surface area contributed by atoms with Gasteiger partial charge >= 0.3 is 6.18 Å². The first-order valence-electron chi connectivity index (χ1n) is 4.65. The van der Waals surface area contributed by atoms with Gasteiger partial charge in [-0.2, -0.15) is 13.2 Å². The van der Waals surface area contributed by atoms with Gasteiger partial charge in [-0.25, -0.2) is 4.39 Å². The maximum Gasteiger partial charge on any atom is 0.424 e. The second-order valence-corrected chi connectivity index (χ2v) is 4.10. The van der Waals surface area contributed by atoms with Crippen molar-refractivity contribution in [3.8, 4) is 0 Å². The van der Waals surface area contributed by atoms with E-state index in [9.17, 15) is 17.6 Å². The Hall–Kier alpha value is -1.07. The minimum atomic E-state index is -4.62. The molecule has 0 bridgehead atoms. The molecule has 1 saturated heterocycles. The van der Waals surface area contributed by atoms with Crippen LogP contribution in [0.2, 0.25) is 5.02 Å². The SMILES string of the molecule is C=CC1(C(F)(F)F)OC1c1ccc(Cl)cc1F. The Morgan fingerprint density at radius 1 is 1.41 bits per heavy atom. The van der Waals surface area contributed by atoms with Crippen LogP contribution in [0.3, 0.4) is 0 Å². The number of hydrogen-bond donors (Lipinski definition) is 0. The standard InChI is InChI=1S/C11H7ClF4O/c1-2-10(11(14,15)16)9(17-10)7-4-3-6(12)5-8(7)13/h2-5,9H,1H2. The molecule has 6 heteroatoms. The van der Waals surface area contributed by atoms with Crippen molar-refractivity contribution >= 4 is 11.6 Å². The van der Waals surface area contributed by atoms with Crippen molar-refractivity contribution in [3.63, 3.8) is 0 Å². The van der Waals surface area contributed by atoms with Crippen LogP contribution in [0.1, 0.15) is 11.7 Å². The molecule has 1 nitrogen and oxygen atoms in total. The zero-order valence-corrected chi connectivity index (χ0v) is 9.15. The van der Waals surface area contributed by atoms with Gasteiger partial charge in [0, 0.05) is 10.6 Å². The van der Waals surface area contributed by atoms with Gasteiger partial charge in [-0.05, 0) is 18.2 Å². The maximum absolute atomic E-state index is 13.4. The summed E-state index contributed by atoms with van der Waals surface area (Å²) in [6.07, 6.45) is -5.37. The topological polar surface area (TPSA) is 12.5 Å². The third-order valence-corrected chi connectivity index (χ3v) is 2.87. The Kier molecular flexibility index (Phi) is 2.71. The quantitative estimate of drug-likeness (QED) is 0.447. The van der Waals surface area contributed by atoms with E-state index in [1.165, 1.54) is 12.1 Å². The lowest BCUT2D eigenvalue weighted by molar-refractivity contribution is -0.169. The van der Waals surface area contributed by atoms with E-state index in [2.05, 4.69) is 11.3 Å². The van der Waals surface area contributed by atoms with Gasteiger partial charge in [-0.15, -0.1) is 0 Å². The lowest BCUT2D eigenvalue weighted by Crippen LogP contribution is -2.31.